The highest BCUT2D eigenvalue weighted by molar-refractivity contribution is 7.96. The Labute approximate surface area is 147 Å². The highest BCUT2D eigenvalue weighted by Gasteiger charge is 2.25. The zero-order valence-electron chi connectivity index (χ0n) is 17.8. The Kier molecular flexibility index (Phi) is 18.3. The van der Waals surface area contributed by atoms with Crippen LogP contribution in [0.15, 0.2) is 0 Å². The third-order valence-corrected chi connectivity index (χ3v) is 4.00. The van der Waals surface area contributed by atoms with Gasteiger partial charge in [0.2, 0.25) is 0 Å². The molecule has 0 spiro atoms. The quantitative estimate of drug-likeness (QED) is 0.593. The van der Waals surface area contributed by atoms with Gasteiger partial charge in [0.1, 0.15) is 0 Å². The smallest absolute Gasteiger partial charge is 0.0249 e. The summed E-state index contributed by atoms with van der Waals surface area (Å²) in [6.45, 7) is 24.4. The van der Waals surface area contributed by atoms with Gasteiger partial charge in [-0.05, 0) is 30.6 Å². The second-order valence-electron chi connectivity index (χ2n) is 7.80. The molecule has 0 saturated heterocycles. The Balaban J connectivity index is -0.000000637. The Morgan fingerprint density at radius 1 is 1.00 bits per heavy atom. The average molecular weight is 335 g/mol. The van der Waals surface area contributed by atoms with E-state index >= 15 is 0 Å². The van der Waals surface area contributed by atoms with Crippen LogP contribution in [0.1, 0.15) is 82.1 Å². The monoisotopic (exact) mass is 334 g/mol. The largest absolute Gasteiger partial charge is 0.315 e. The lowest BCUT2D eigenvalue weighted by Crippen LogP contribution is -2.45. The molecule has 0 bridgehead atoms. The van der Waals surface area contributed by atoms with Crippen LogP contribution in [0.2, 0.25) is 0 Å². The highest BCUT2D eigenvalue weighted by atomic mass is 32.2. The molecule has 0 aromatic carbocycles. The second-order valence-corrected chi connectivity index (χ2v) is 8.68. The van der Waals surface area contributed by atoms with Crippen LogP contribution in [0, 0.1) is 10.8 Å². The van der Waals surface area contributed by atoms with Crippen molar-refractivity contribution in [2.24, 2.45) is 10.8 Å². The van der Waals surface area contributed by atoms with Crippen LogP contribution in [-0.2, 0) is 0 Å². The van der Waals surface area contributed by atoms with Crippen molar-refractivity contribution in [1.82, 2.24) is 9.62 Å². The van der Waals surface area contributed by atoms with Crippen molar-refractivity contribution in [3.8, 4) is 0 Å². The summed E-state index contributed by atoms with van der Waals surface area (Å²) in [5.41, 5.74) is 0.731. The maximum absolute atomic E-state index is 3.45. The molecule has 2 nitrogen and oxygen atoms in total. The zero-order chi connectivity index (χ0) is 18.4. The van der Waals surface area contributed by atoms with Gasteiger partial charge in [-0.25, -0.2) is 4.31 Å². The van der Waals surface area contributed by atoms with Crippen LogP contribution < -0.4 is 5.32 Å². The summed E-state index contributed by atoms with van der Waals surface area (Å²) in [5.74, 6) is 0. The molecule has 0 aromatic rings. The summed E-state index contributed by atoms with van der Waals surface area (Å²) in [5, 5.41) is 3.45. The summed E-state index contributed by atoms with van der Waals surface area (Å²) in [7, 11) is 2.07. The minimum Gasteiger partial charge on any atom is -0.315 e. The number of hydrogen-bond donors (Lipinski definition) is 1. The van der Waals surface area contributed by atoms with Crippen LogP contribution in [-0.4, -0.2) is 36.7 Å². The van der Waals surface area contributed by atoms with E-state index in [1.54, 1.807) is 0 Å². The van der Waals surface area contributed by atoms with Crippen molar-refractivity contribution in [1.29, 1.82) is 0 Å². The van der Waals surface area contributed by atoms with Gasteiger partial charge in [0.15, 0.2) is 0 Å². The number of rotatable bonds is 6. The van der Waals surface area contributed by atoms with Crippen molar-refractivity contribution in [2.75, 3.05) is 26.4 Å². The van der Waals surface area contributed by atoms with Crippen LogP contribution in [0.5, 0.6) is 0 Å². The molecule has 0 fully saturated rings. The first-order valence-electron chi connectivity index (χ1n) is 8.98. The van der Waals surface area contributed by atoms with E-state index in [4.69, 9.17) is 0 Å². The second kappa shape index (κ2) is 14.8. The van der Waals surface area contributed by atoms with Crippen molar-refractivity contribution >= 4 is 11.9 Å². The molecule has 0 rings (SSSR count). The molecule has 0 saturated carbocycles. The van der Waals surface area contributed by atoms with E-state index in [1.807, 2.05) is 25.8 Å². The van der Waals surface area contributed by atoms with E-state index in [2.05, 4.69) is 78.3 Å². The van der Waals surface area contributed by atoms with Crippen molar-refractivity contribution < 1.29 is 0 Å². The topological polar surface area (TPSA) is 15.3 Å². The summed E-state index contributed by atoms with van der Waals surface area (Å²) >= 11 is 1.86. The molecule has 0 radical (unpaired) electrons. The van der Waals surface area contributed by atoms with Gasteiger partial charge in [-0.1, -0.05) is 87.6 Å². The number of nitrogens with zero attached hydrogens (tertiary/aromatic N) is 1. The first-order valence-corrected chi connectivity index (χ1v) is 10.2. The Morgan fingerprint density at radius 2 is 1.41 bits per heavy atom. The van der Waals surface area contributed by atoms with E-state index in [9.17, 15) is 0 Å². The van der Waals surface area contributed by atoms with Crippen LogP contribution in [0.3, 0.4) is 0 Å². The summed E-state index contributed by atoms with van der Waals surface area (Å²) in [4.78, 5) is 0. The number of hydrogen-bond acceptors (Lipinski definition) is 3. The fourth-order valence-electron chi connectivity index (χ4n) is 1.72. The van der Waals surface area contributed by atoms with Gasteiger partial charge in [0.05, 0.1) is 0 Å². The lowest BCUT2D eigenvalue weighted by molar-refractivity contribution is 0.229. The SMILES string of the molecule is CC.CCC.CNC(CN(CCC(C)(C)C)SC)C(C)(C)C. The predicted molar refractivity (Wildman–Crippen MR) is 109 cm³/mol. The molecule has 0 amide bonds. The fraction of sp³-hybridized carbons (Fsp3) is 1.00. The molecular weight excluding hydrogens is 288 g/mol. The van der Waals surface area contributed by atoms with E-state index in [-0.39, 0.29) is 0 Å². The minimum absolute atomic E-state index is 0.310. The Hall–Kier alpha value is 0.270. The molecule has 1 N–H and O–H groups in total. The van der Waals surface area contributed by atoms with Crippen molar-refractivity contribution in [3.63, 3.8) is 0 Å². The summed E-state index contributed by atoms with van der Waals surface area (Å²) in [6.07, 6.45) is 4.67. The third kappa shape index (κ3) is 18.3. The highest BCUT2D eigenvalue weighted by Crippen LogP contribution is 2.24. The molecule has 1 unspecified atom stereocenters. The maximum Gasteiger partial charge on any atom is 0.0249 e. The van der Waals surface area contributed by atoms with Crippen LogP contribution in [0.25, 0.3) is 0 Å². The molecular formula is C19H46N2S. The Bertz CT molecular complexity index is 216. The normalized spacial score (nSPS) is 13.0. The van der Waals surface area contributed by atoms with Gasteiger partial charge in [-0.3, -0.25) is 0 Å². The standard InChI is InChI=1S/C14H32N2S.C3H8.C2H6/c1-13(2,3)9-10-16(17-8)11-12(15-7)14(4,5)6;1-3-2;1-2/h12,15H,9-11H2,1-8H3;3H2,1-2H3;1-2H3. The third-order valence-electron chi connectivity index (χ3n) is 3.15. The van der Waals surface area contributed by atoms with Gasteiger partial charge in [-0.15, -0.1) is 0 Å². The Morgan fingerprint density at radius 3 is 1.64 bits per heavy atom. The average Bonchev–Trinajstić information content (AvgIpc) is 2.39. The van der Waals surface area contributed by atoms with Gasteiger partial charge in [0, 0.05) is 19.1 Å². The molecule has 0 aromatic heterocycles. The molecule has 0 aliphatic rings. The molecule has 0 heterocycles. The van der Waals surface area contributed by atoms with Crippen LogP contribution >= 0.6 is 11.9 Å². The molecule has 138 valence electrons. The van der Waals surface area contributed by atoms with Gasteiger partial charge in [0.25, 0.3) is 0 Å². The van der Waals surface area contributed by atoms with Crippen molar-refractivity contribution in [2.45, 2.75) is 88.1 Å². The van der Waals surface area contributed by atoms with Crippen LogP contribution in [0.4, 0.5) is 0 Å². The van der Waals surface area contributed by atoms with E-state index in [0.717, 1.165) is 6.54 Å². The van der Waals surface area contributed by atoms with Gasteiger partial charge in [-0.2, -0.15) is 0 Å². The minimum atomic E-state index is 0.310. The molecule has 0 aliphatic heterocycles. The lowest BCUT2D eigenvalue weighted by Gasteiger charge is -2.35. The molecule has 1 atom stereocenters. The first-order chi connectivity index (χ1) is 10.0. The van der Waals surface area contributed by atoms with Crippen molar-refractivity contribution in [3.05, 3.63) is 0 Å². The number of likely N-dealkylation sites (N-methyl/N-ethyl adjacent to an activating group) is 1. The summed E-state index contributed by atoms with van der Waals surface area (Å²) in [6, 6.07) is 0.537. The van der Waals surface area contributed by atoms with Gasteiger partial charge < -0.3 is 5.32 Å². The molecule has 3 heteroatoms. The maximum atomic E-state index is 3.45. The molecule has 0 aliphatic carbocycles. The fourth-order valence-corrected chi connectivity index (χ4v) is 2.29. The summed E-state index contributed by atoms with van der Waals surface area (Å²) < 4.78 is 2.48. The number of nitrogens with one attached hydrogen (secondary N) is 1. The lowest BCUT2D eigenvalue weighted by atomic mass is 9.86. The molecule has 22 heavy (non-hydrogen) atoms. The first kappa shape index (κ1) is 27.1. The zero-order valence-corrected chi connectivity index (χ0v) is 18.6. The van der Waals surface area contributed by atoms with Gasteiger partial charge >= 0.3 is 0 Å². The van der Waals surface area contributed by atoms with E-state index in [1.165, 1.54) is 19.4 Å². The van der Waals surface area contributed by atoms with E-state index in [0.29, 0.717) is 16.9 Å². The van der Waals surface area contributed by atoms with E-state index < -0.39 is 0 Å². The predicted octanol–water partition coefficient (Wildman–Crippen LogP) is 6.08.